The number of fused-ring (bicyclic) bond motifs is 1. The summed E-state index contributed by atoms with van der Waals surface area (Å²) in [6.07, 6.45) is 1.67. The van der Waals surface area contributed by atoms with Gasteiger partial charge in [0.2, 0.25) is 4.80 Å². The van der Waals surface area contributed by atoms with Gasteiger partial charge in [0.05, 0.1) is 30.7 Å². The highest BCUT2D eigenvalue weighted by Crippen LogP contribution is 2.22. The van der Waals surface area contributed by atoms with Gasteiger partial charge in [-0.3, -0.25) is 0 Å². The van der Waals surface area contributed by atoms with Crippen LogP contribution in [0.3, 0.4) is 0 Å². The molecule has 0 aliphatic heterocycles. The topological polar surface area (TPSA) is 48.1 Å². The van der Waals surface area contributed by atoms with E-state index in [1.807, 2.05) is 41.9 Å². The first-order valence-electron chi connectivity index (χ1n) is 7.06. The van der Waals surface area contributed by atoms with Crippen molar-refractivity contribution in [2.45, 2.75) is 0 Å². The highest BCUT2D eigenvalue weighted by molar-refractivity contribution is 7.16. The molecule has 0 saturated carbocycles. The molecule has 1 aromatic heterocycles. The quantitative estimate of drug-likeness (QED) is 0.546. The molecule has 1 heterocycles. The summed E-state index contributed by atoms with van der Waals surface area (Å²) in [5.41, 5.74) is 1.96. The lowest BCUT2D eigenvalue weighted by Gasteiger charge is -2.05. The Bertz CT molecular complexity index is 925. The maximum Gasteiger partial charge on any atom is 0.211 e. The Hall–Kier alpha value is -2.60. The highest BCUT2D eigenvalue weighted by Gasteiger charge is 2.03. The Morgan fingerprint density at radius 2 is 1.91 bits per heavy atom. The molecule has 0 saturated heterocycles. The van der Waals surface area contributed by atoms with E-state index in [-0.39, 0.29) is 0 Å². The minimum Gasteiger partial charge on any atom is -0.497 e. The smallest absolute Gasteiger partial charge is 0.211 e. The number of rotatable bonds is 4. The normalized spacial score (nSPS) is 12.2. The molecule has 0 aliphatic carbocycles. The molecular formula is C17H17N3O2S. The molecule has 0 spiro atoms. The van der Waals surface area contributed by atoms with Gasteiger partial charge in [0.1, 0.15) is 11.5 Å². The minimum absolute atomic E-state index is 0.727. The van der Waals surface area contributed by atoms with Gasteiger partial charge in [-0.25, -0.2) is 0 Å². The summed E-state index contributed by atoms with van der Waals surface area (Å²) in [7, 11) is 5.24. The SMILES string of the molecule is COc1ccc(OC)c(/C=N/N=c2\sc3ccccc3n2C)c1. The van der Waals surface area contributed by atoms with Crippen LogP contribution in [0.5, 0.6) is 11.5 Å². The average molecular weight is 327 g/mol. The van der Waals surface area contributed by atoms with E-state index in [1.54, 1.807) is 31.8 Å². The van der Waals surface area contributed by atoms with Gasteiger partial charge in [-0.1, -0.05) is 23.5 Å². The zero-order valence-corrected chi connectivity index (χ0v) is 14.0. The zero-order chi connectivity index (χ0) is 16.2. The van der Waals surface area contributed by atoms with Crippen LogP contribution in [-0.4, -0.2) is 25.0 Å². The molecule has 0 unspecified atom stereocenters. The van der Waals surface area contributed by atoms with E-state index in [2.05, 4.69) is 22.3 Å². The van der Waals surface area contributed by atoms with Crippen LogP contribution in [0.25, 0.3) is 10.2 Å². The van der Waals surface area contributed by atoms with E-state index in [9.17, 15) is 0 Å². The van der Waals surface area contributed by atoms with Crippen molar-refractivity contribution in [1.82, 2.24) is 4.57 Å². The first-order valence-corrected chi connectivity index (χ1v) is 7.88. The van der Waals surface area contributed by atoms with Crippen molar-refractivity contribution in [3.63, 3.8) is 0 Å². The Balaban J connectivity index is 1.98. The van der Waals surface area contributed by atoms with Gasteiger partial charge in [-0.15, -0.1) is 5.10 Å². The van der Waals surface area contributed by atoms with Gasteiger partial charge < -0.3 is 14.0 Å². The number of nitrogens with zero attached hydrogens (tertiary/aromatic N) is 3. The molecule has 0 N–H and O–H groups in total. The summed E-state index contributed by atoms with van der Waals surface area (Å²) in [5.74, 6) is 1.48. The van der Waals surface area contributed by atoms with E-state index >= 15 is 0 Å². The fourth-order valence-corrected chi connectivity index (χ4v) is 3.23. The second-order valence-electron chi connectivity index (χ2n) is 4.86. The largest absolute Gasteiger partial charge is 0.497 e. The van der Waals surface area contributed by atoms with E-state index in [0.29, 0.717) is 0 Å². The molecule has 3 aromatic rings. The van der Waals surface area contributed by atoms with Crippen molar-refractivity contribution < 1.29 is 9.47 Å². The Kier molecular flexibility index (Phi) is 4.43. The fourth-order valence-electron chi connectivity index (χ4n) is 2.26. The van der Waals surface area contributed by atoms with Crippen molar-refractivity contribution in [1.29, 1.82) is 0 Å². The molecule has 5 nitrogen and oxygen atoms in total. The Labute approximate surface area is 138 Å². The molecular weight excluding hydrogens is 310 g/mol. The zero-order valence-electron chi connectivity index (χ0n) is 13.2. The Morgan fingerprint density at radius 3 is 2.65 bits per heavy atom. The van der Waals surface area contributed by atoms with Crippen LogP contribution < -0.4 is 14.3 Å². The third-order valence-electron chi connectivity index (χ3n) is 3.49. The van der Waals surface area contributed by atoms with E-state index in [0.717, 1.165) is 27.4 Å². The Morgan fingerprint density at radius 1 is 1.09 bits per heavy atom. The average Bonchev–Trinajstić information content (AvgIpc) is 2.91. The van der Waals surface area contributed by atoms with Crippen LogP contribution in [0.4, 0.5) is 0 Å². The van der Waals surface area contributed by atoms with Gasteiger partial charge in [0, 0.05) is 12.6 Å². The van der Waals surface area contributed by atoms with Gasteiger partial charge >= 0.3 is 0 Å². The lowest BCUT2D eigenvalue weighted by atomic mass is 10.2. The van der Waals surface area contributed by atoms with Crippen LogP contribution in [0, 0.1) is 0 Å². The van der Waals surface area contributed by atoms with Crippen molar-refractivity contribution in [2.75, 3.05) is 14.2 Å². The number of methoxy groups -OCH3 is 2. The predicted octanol–water partition coefficient (Wildman–Crippen LogP) is 3.19. The fraction of sp³-hybridized carbons (Fsp3) is 0.176. The summed E-state index contributed by atoms with van der Waals surface area (Å²) in [4.78, 5) is 0.837. The van der Waals surface area contributed by atoms with Crippen molar-refractivity contribution in [2.24, 2.45) is 17.3 Å². The minimum atomic E-state index is 0.727. The second-order valence-corrected chi connectivity index (χ2v) is 5.87. The molecule has 2 aromatic carbocycles. The maximum absolute atomic E-state index is 5.33. The van der Waals surface area contributed by atoms with Crippen LogP contribution in [0.15, 0.2) is 52.7 Å². The van der Waals surface area contributed by atoms with Gasteiger partial charge in [0.15, 0.2) is 0 Å². The molecule has 118 valence electrons. The van der Waals surface area contributed by atoms with Gasteiger partial charge in [-0.2, -0.15) is 5.10 Å². The van der Waals surface area contributed by atoms with E-state index in [4.69, 9.17) is 9.47 Å². The molecule has 0 amide bonds. The van der Waals surface area contributed by atoms with Gasteiger partial charge in [0.25, 0.3) is 0 Å². The van der Waals surface area contributed by atoms with Crippen LogP contribution in [-0.2, 0) is 7.05 Å². The number of benzene rings is 2. The lowest BCUT2D eigenvalue weighted by molar-refractivity contribution is 0.402. The predicted molar refractivity (Wildman–Crippen MR) is 93.5 cm³/mol. The number of ether oxygens (including phenoxy) is 2. The standard InChI is InChI=1S/C17H17N3O2S/c1-20-14-6-4-5-7-16(14)23-17(20)19-18-11-12-10-13(21-2)8-9-15(12)22-3/h4-11H,1-3H3/b18-11+,19-17-. The van der Waals surface area contributed by atoms with Crippen molar-refractivity contribution >= 4 is 27.8 Å². The number of aryl methyl sites for hydroxylation is 1. The van der Waals surface area contributed by atoms with Crippen molar-refractivity contribution in [3.05, 3.63) is 52.8 Å². The number of thiazole rings is 1. The number of hydrogen-bond acceptors (Lipinski definition) is 5. The first-order chi connectivity index (χ1) is 11.2. The molecule has 0 atom stereocenters. The third-order valence-corrected chi connectivity index (χ3v) is 4.59. The molecule has 0 bridgehead atoms. The molecule has 0 radical (unpaired) electrons. The molecule has 3 rings (SSSR count). The van der Waals surface area contributed by atoms with E-state index in [1.165, 1.54) is 4.70 Å². The number of aromatic nitrogens is 1. The number of para-hydroxylation sites is 1. The third kappa shape index (κ3) is 3.12. The summed E-state index contributed by atoms with van der Waals surface area (Å²) in [6, 6.07) is 13.7. The molecule has 0 fully saturated rings. The highest BCUT2D eigenvalue weighted by atomic mass is 32.1. The van der Waals surface area contributed by atoms with Crippen LogP contribution in [0.2, 0.25) is 0 Å². The summed E-state index contributed by atoms with van der Waals surface area (Å²) < 4.78 is 13.8. The van der Waals surface area contributed by atoms with Gasteiger partial charge in [-0.05, 0) is 30.3 Å². The van der Waals surface area contributed by atoms with Crippen molar-refractivity contribution in [3.8, 4) is 11.5 Å². The summed E-state index contributed by atoms with van der Waals surface area (Å²) in [5, 5.41) is 8.53. The summed E-state index contributed by atoms with van der Waals surface area (Å²) >= 11 is 1.60. The molecule has 6 heteroatoms. The molecule has 0 aliphatic rings. The lowest BCUT2D eigenvalue weighted by Crippen LogP contribution is -2.08. The maximum atomic E-state index is 5.33. The first kappa shape index (κ1) is 15.3. The van der Waals surface area contributed by atoms with Crippen LogP contribution in [0.1, 0.15) is 5.56 Å². The van der Waals surface area contributed by atoms with Crippen LogP contribution >= 0.6 is 11.3 Å². The summed E-state index contributed by atoms with van der Waals surface area (Å²) in [6.45, 7) is 0. The molecule has 23 heavy (non-hydrogen) atoms. The monoisotopic (exact) mass is 327 g/mol. The second kappa shape index (κ2) is 6.66. The van der Waals surface area contributed by atoms with E-state index < -0.39 is 0 Å². The number of hydrogen-bond donors (Lipinski definition) is 0.